The molecular weight excluding hydrogens is 353 g/mol. The SMILES string of the molecule is Oc1ccc(CNc2c(Cl)cc(F)cc2Br)c(O)c1O. The van der Waals surface area contributed by atoms with Crippen LogP contribution in [0.15, 0.2) is 28.7 Å². The summed E-state index contributed by atoms with van der Waals surface area (Å²) in [6, 6.07) is 5.11. The molecule has 0 bridgehead atoms. The lowest BCUT2D eigenvalue weighted by atomic mass is 10.1. The summed E-state index contributed by atoms with van der Waals surface area (Å²) in [6.07, 6.45) is 0. The largest absolute Gasteiger partial charge is 0.504 e. The molecular formula is C13H10BrClFNO3. The molecule has 0 unspecified atom stereocenters. The van der Waals surface area contributed by atoms with Crippen molar-refractivity contribution < 1.29 is 19.7 Å². The summed E-state index contributed by atoms with van der Waals surface area (Å²) >= 11 is 9.09. The average Bonchev–Trinajstić information content (AvgIpc) is 2.37. The maximum Gasteiger partial charge on any atom is 0.200 e. The summed E-state index contributed by atoms with van der Waals surface area (Å²) in [7, 11) is 0. The second-order valence-electron chi connectivity index (χ2n) is 4.04. The average molecular weight is 363 g/mol. The van der Waals surface area contributed by atoms with Crippen LogP contribution in [-0.2, 0) is 6.54 Å². The van der Waals surface area contributed by atoms with Gasteiger partial charge in [-0.05, 0) is 40.2 Å². The molecule has 2 rings (SSSR count). The number of rotatable bonds is 3. The first-order valence-electron chi connectivity index (χ1n) is 5.51. The smallest absolute Gasteiger partial charge is 0.200 e. The van der Waals surface area contributed by atoms with E-state index >= 15 is 0 Å². The lowest BCUT2D eigenvalue weighted by molar-refractivity contribution is 0.365. The number of benzene rings is 2. The molecule has 0 heterocycles. The third kappa shape index (κ3) is 2.91. The highest BCUT2D eigenvalue weighted by molar-refractivity contribution is 9.10. The minimum atomic E-state index is -0.589. The fraction of sp³-hybridized carbons (Fsp3) is 0.0769. The highest BCUT2D eigenvalue weighted by Gasteiger charge is 2.13. The predicted molar refractivity (Wildman–Crippen MR) is 77.9 cm³/mol. The van der Waals surface area contributed by atoms with Gasteiger partial charge in [-0.25, -0.2) is 4.39 Å². The van der Waals surface area contributed by atoms with Crippen LogP contribution in [0.5, 0.6) is 17.2 Å². The van der Waals surface area contributed by atoms with Gasteiger partial charge in [0.15, 0.2) is 11.5 Å². The van der Waals surface area contributed by atoms with Crippen LogP contribution < -0.4 is 5.32 Å². The minimum absolute atomic E-state index is 0.129. The molecule has 0 spiro atoms. The molecule has 0 amide bonds. The number of phenolic OH excluding ortho intramolecular Hbond substituents is 3. The molecule has 0 atom stereocenters. The third-order valence-electron chi connectivity index (χ3n) is 2.68. The van der Waals surface area contributed by atoms with Gasteiger partial charge in [0, 0.05) is 16.6 Å². The second-order valence-corrected chi connectivity index (χ2v) is 5.30. The van der Waals surface area contributed by atoms with E-state index < -0.39 is 23.1 Å². The maximum atomic E-state index is 13.1. The van der Waals surface area contributed by atoms with Crippen molar-refractivity contribution >= 4 is 33.2 Å². The van der Waals surface area contributed by atoms with Crippen molar-refractivity contribution in [1.29, 1.82) is 0 Å². The summed E-state index contributed by atoms with van der Waals surface area (Å²) in [5.41, 5.74) is 0.813. The zero-order chi connectivity index (χ0) is 14.9. The Labute approximate surface area is 127 Å². The van der Waals surface area contributed by atoms with E-state index in [2.05, 4.69) is 21.2 Å². The zero-order valence-electron chi connectivity index (χ0n) is 9.99. The van der Waals surface area contributed by atoms with E-state index in [1.807, 2.05) is 0 Å². The number of hydrogen-bond donors (Lipinski definition) is 4. The molecule has 0 aromatic heterocycles. The van der Waals surface area contributed by atoms with E-state index in [0.717, 1.165) is 6.07 Å². The van der Waals surface area contributed by atoms with Crippen LogP contribution in [0.25, 0.3) is 0 Å². The molecule has 0 aliphatic carbocycles. The number of phenols is 3. The summed E-state index contributed by atoms with van der Waals surface area (Å²) in [4.78, 5) is 0. The van der Waals surface area contributed by atoms with Crippen LogP contribution in [0.2, 0.25) is 5.02 Å². The number of hydrogen-bond acceptors (Lipinski definition) is 4. The first kappa shape index (κ1) is 14.7. The molecule has 106 valence electrons. The molecule has 4 nitrogen and oxygen atoms in total. The molecule has 0 saturated carbocycles. The number of nitrogens with one attached hydrogen (secondary N) is 1. The van der Waals surface area contributed by atoms with Gasteiger partial charge in [-0.2, -0.15) is 0 Å². The predicted octanol–water partition coefficient (Wildman–Crippen LogP) is 3.97. The van der Waals surface area contributed by atoms with Gasteiger partial charge in [0.05, 0.1) is 10.7 Å². The Bertz CT molecular complexity index is 643. The van der Waals surface area contributed by atoms with Gasteiger partial charge in [0.1, 0.15) is 5.82 Å². The van der Waals surface area contributed by atoms with E-state index in [1.54, 1.807) is 0 Å². The standard InChI is InChI=1S/C13H10BrClFNO3/c14-8-3-7(16)4-9(15)11(8)17-5-6-1-2-10(18)13(20)12(6)19/h1-4,17-20H,5H2. The van der Waals surface area contributed by atoms with E-state index in [9.17, 15) is 19.7 Å². The Morgan fingerprint density at radius 1 is 1.15 bits per heavy atom. The Hall–Kier alpha value is -1.66. The second kappa shape index (κ2) is 5.76. The van der Waals surface area contributed by atoms with E-state index in [1.165, 1.54) is 18.2 Å². The van der Waals surface area contributed by atoms with Gasteiger partial charge in [0.25, 0.3) is 0 Å². The monoisotopic (exact) mass is 361 g/mol. The molecule has 0 aliphatic rings. The molecule has 0 radical (unpaired) electrons. The first-order chi connectivity index (χ1) is 9.40. The van der Waals surface area contributed by atoms with E-state index in [4.69, 9.17) is 11.6 Å². The zero-order valence-corrected chi connectivity index (χ0v) is 12.3. The summed E-state index contributed by atoms with van der Waals surface area (Å²) in [5.74, 6) is -1.90. The fourth-order valence-electron chi connectivity index (χ4n) is 1.65. The van der Waals surface area contributed by atoms with Gasteiger partial charge in [-0.1, -0.05) is 11.6 Å². The van der Waals surface area contributed by atoms with Crippen LogP contribution in [0.1, 0.15) is 5.56 Å². The highest BCUT2D eigenvalue weighted by atomic mass is 79.9. The van der Waals surface area contributed by atoms with Crippen molar-refractivity contribution in [2.75, 3.05) is 5.32 Å². The molecule has 2 aromatic carbocycles. The Kier molecular flexibility index (Phi) is 4.25. The molecule has 2 aromatic rings. The maximum absolute atomic E-state index is 13.1. The highest BCUT2D eigenvalue weighted by Crippen LogP contribution is 2.38. The Balaban J connectivity index is 2.24. The minimum Gasteiger partial charge on any atom is -0.504 e. The quantitative estimate of drug-likeness (QED) is 0.624. The topological polar surface area (TPSA) is 72.7 Å². The Morgan fingerprint density at radius 2 is 1.85 bits per heavy atom. The van der Waals surface area contributed by atoms with Gasteiger partial charge >= 0.3 is 0 Å². The van der Waals surface area contributed by atoms with Crippen LogP contribution in [0, 0.1) is 5.82 Å². The number of halogens is 3. The Morgan fingerprint density at radius 3 is 2.50 bits per heavy atom. The first-order valence-corrected chi connectivity index (χ1v) is 6.68. The van der Waals surface area contributed by atoms with Crippen LogP contribution in [-0.4, -0.2) is 15.3 Å². The third-order valence-corrected chi connectivity index (χ3v) is 3.60. The van der Waals surface area contributed by atoms with Crippen LogP contribution >= 0.6 is 27.5 Å². The van der Waals surface area contributed by atoms with Crippen molar-refractivity contribution in [3.8, 4) is 17.2 Å². The number of anilines is 1. The number of aromatic hydroxyl groups is 3. The van der Waals surface area contributed by atoms with Crippen molar-refractivity contribution in [3.05, 3.63) is 45.1 Å². The lowest BCUT2D eigenvalue weighted by Crippen LogP contribution is -2.01. The van der Waals surface area contributed by atoms with E-state index in [0.29, 0.717) is 15.7 Å². The normalized spacial score (nSPS) is 10.6. The lowest BCUT2D eigenvalue weighted by Gasteiger charge is -2.12. The van der Waals surface area contributed by atoms with Gasteiger partial charge in [0.2, 0.25) is 5.75 Å². The van der Waals surface area contributed by atoms with Crippen molar-refractivity contribution in [2.24, 2.45) is 0 Å². The van der Waals surface area contributed by atoms with Gasteiger partial charge < -0.3 is 20.6 Å². The summed E-state index contributed by atoms with van der Waals surface area (Å²) in [6.45, 7) is 0.129. The molecule has 7 heteroatoms. The van der Waals surface area contributed by atoms with Gasteiger partial charge in [-0.3, -0.25) is 0 Å². The molecule has 20 heavy (non-hydrogen) atoms. The fourth-order valence-corrected chi connectivity index (χ4v) is 2.61. The summed E-state index contributed by atoms with van der Waals surface area (Å²) < 4.78 is 13.5. The van der Waals surface area contributed by atoms with Crippen molar-refractivity contribution in [2.45, 2.75) is 6.54 Å². The van der Waals surface area contributed by atoms with E-state index in [-0.39, 0.29) is 11.6 Å². The molecule has 0 fully saturated rings. The van der Waals surface area contributed by atoms with Crippen LogP contribution in [0.3, 0.4) is 0 Å². The molecule has 0 saturated heterocycles. The van der Waals surface area contributed by atoms with Crippen molar-refractivity contribution in [3.63, 3.8) is 0 Å². The molecule has 0 aliphatic heterocycles. The van der Waals surface area contributed by atoms with Crippen molar-refractivity contribution in [1.82, 2.24) is 0 Å². The molecule has 4 N–H and O–H groups in total. The van der Waals surface area contributed by atoms with Gasteiger partial charge in [-0.15, -0.1) is 0 Å². The summed E-state index contributed by atoms with van der Waals surface area (Å²) in [5, 5.41) is 31.4. The van der Waals surface area contributed by atoms with Crippen LogP contribution in [0.4, 0.5) is 10.1 Å².